The number of allylic oxidation sites excluding steroid dienone is 1. The zero-order valence-corrected chi connectivity index (χ0v) is 20.7. The van der Waals surface area contributed by atoms with Gasteiger partial charge in [-0.05, 0) is 34.6 Å². The van der Waals surface area contributed by atoms with E-state index in [-0.39, 0.29) is 22.6 Å². The number of nitro groups is 2. The van der Waals surface area contributed by atoms with Crippen molar-refractivity contribution in [2.24, 2.45) is 0 Å². The summed E-state index contributed by atoms with van der Waals surface area (Å²) in [6, 6.07) is 14.7. The predicted octanol–water partition coefficient (Wildman–Crippen LogP) is 3.72. The molecule has 1 fully saturated rings. The standard InChI is InChI=1S/C26H18N4O8S/c31-23(19-7-3-5-14-4-1-2-6-18(14)19)27-21-24(32)28-22(26(33)34)16(13-39-25(21)28)9-8-15-10-11-17(29(35)36)12-20(15)30(37)38/h1-12,21,25H,13H2,(H,27,31)(H,33,34)/t21-,25-/m1/s1. The van der Waals surface area contributed by atoms with E-state index >= 15 is 0 Å². The smallest absolute Gasteiger partial charge is 0.352 e. The Morgan fingerprint density at radius 1 is 1.03 bits per heavy atom. The van der Waals surface area contributed by atoms with Gasteiger partial charge in [0, 0.05) is 17.4 Å². The van der Waals surface area contributed by atoms with Crippen molar-refractivity contribution in [3.63, 3.8) is 0 Å². The zero-order valence-electron chi connectivity index (χ0n) is 19.8. The van der Waals surface area contributed by atoms with Crippen molar-refractivity contribution in [1.29, 1.82) is 0 Å². The summed E-state index contributed by atoms with van der Waals surface area (Å²) in [5.41, 5.74) is -0.616. The van der Waals surface area contributed by atoms with Crippen LogP contribution in [0.5, 0.6) is 0 Å². The van der Waals surface area contributed by atoms with Crippen LogP contribution in [-0.4, -0.2) is 54.8 Å². The molecule has 0 saturated carbocycles. The number of thioether (sulfide) groups is 1. The van der Waals surface area contributed by atoms with E-state index in [1.807, 2.05) is 18.2 Å². The molecule has 196 valence electrons. The van der Waals surface area contributed by atoms with E-state index in [0.717, 1.165) is 27.8 Å². The quantitative estimate of drug-likeness (QED) is 0.254. The van der Waals surface area contributed by atoms with Crippen LogP contribution >= 0.6 is 11.8 Å². The maximum atomic E-state index is 13.0. The summed E-state index contributed by atoms with van der Waals surface area (Å²) in [6.07, 6.45) is 2.63. The molecule has 2 aliphatic rings. The van der Waals surface area contributed by atoms with Gasteiger partial charge >= 0.3 is 5.97 Å². The fraction of sp³-hybridized carbons (Fsp3) is 0.115. The van der Waals surface area contributed by atoms with Crippen LogP contribution in [0, 0.1) is 20.2 Å². The maximum absolute atomic E-state index is 13.0. The van der Waals surface area contributed by atoms with Crippen LogP contribution in [0.4, 0.5) is 11.4 Å². The number of nitro benzene ring substituents is 2. The van der Waals surface area contributed by atoms with E-state index in [1.54, 1.807) is 24.3 Å². The summed E-state index contributed by atoms with van der Waals surface area (Å²) in [5.74, 6) is -2.27. The topological polar surface area (TPSA) is 173 Å². The van der Waals surface area contributed by atoms with Gasteiger partial charge in [-0.3, -0.25) is 34.7 Å². The molecule has 3 aromatic carbocycles. The fourth-order valence-electron chi connectivity index (χ4n) is 4.55. The molecule has 12 nitrogen and oxygen atoms in total. The third kappa shape index (κ3) is 4.59. The van der Waals surface area contributed by atoms with E-state index in [4.69, 9.17) is 0 Å². The normalized spacial score (nSPS) is 18.6. The number of benzene rings is 3. The second kappa shape index (κ2) is 10.0. The van der Waals surface area contributed by atoms with Crippen molar-refractivity contribution >= 4 is 57.8 Å². The Kier molecular flexibility index (Phi) is 6.58. The van der Waals surface area contributed by atoms with E-state index in [1.165, 1.54) is 30.0 Å². The molecule has 0 aliphatic carbocycles. The number of carbonyl (C=O) groups excluding carboxylic acids is 2. The van der Waals surface area contributed by atoms with Crippen molar-refractivity contribution in [2.75, 3.05) is 5.75 Å². The van der Waals surface area contributed by atoms with Crippen molar-refractivity contribution in [3.05, 3.63) is 109 Å². The van der Waals surface area contributed by atoms with Gasteiger partial charge in [-0.15, -0.1) is 11.8 Å². The highest BCUT2D eigenvalue weighted by atomic mass is 32.2. The molecular weight excluding hydrogens is 528 g/mol. The van der Waals surface area contributed by atoms with Crippen molar-refractivity contribution in [2.45, 2.75) is 11.4 Å². The van der Waals surface area contributed by atoms with Gasteiger partial charge in [0.2, 0.25) is 0 Å². The van der Waals surface area contributed by atoms with Crippen LogP contribution in [0.2, 0.25) is 0 Å². The minimum atomic E-state index is -1.37. The van der Waals surface area contributed by atoms with Crippen molar-refractivity contribution < 1.29 is 29.3 Å². The first-order valence-corrected chi connectivity index (χ1v) is 12.5. The fourth-order valence-corrected chi connectivity index (χ4v) is 5.87. The van der Waals surface area contributed by atoms with Crippen LogP contribution in [0.15, 0.2) is 78.0 Å². The largest absolute Gasteiger partial charge is 0.477 e. The molecule has 2 N–H and O–H groups in total. The minimum absolute atomic E-state index is 0.0325. The molecule has 0 spiro atoms. The van der Waals surface area contributed by atoms with Crippen molar-refractivity contribution in [1.82, 2.24) is 10.2 Å². The minimum Gasteiger partial charge on any atom is -0.477 e. The van der Waals surface area contributed by atoms with Gasteiger partial charge in [0.1, 0.15) is 17.1 Å². The first kappa shape index (κ1) is 25.6. The Morgan fingerprint density at radius 2 is 1.77 bits per heavy atom. The number of nitrogens with zero attached hydrogens (tertiary/aromatic N) is 3. The lowest BCUT2D eigenvalue weighted by Crippen LogP contribution is -2.70. The second-order valence-corrected chi connectivity index (χ2v) is 9.76. The molecule has 2 heterocycles. The summed E-state index contributed by atoms with van der Waals surface area (Å²) in [4.78, 5) is 60.2. The highest BCUT2D eigenvalue weighted by Crippen LogP contribution is 2.41. The lowest BCUT2D eigenvalue weighted by Gasteiger charge is -2.49. The van der Waals surface area contributed by atoms with Gasteiger partial charge in [0.25, 0.3) is 23.2 Å². The number of amides is 2. The molecular formula is C26H18N4O8S. The van der Waals surface area contributed by atoms with Crippen molar-refractivity contribution in [3.8, 4) is 0 Å². The van der Waals surface area contributed by atoms with Crippen LogP contribution in [0.1, 0.15) is 15.9 Å². The average Bonchev–Trinajstić information content (AvgIpc) is 2.93. The molecule has 1 saturated heterocycles. The summed E-state index contributed by atoms with van der Waals surface area (Å²) in [7, 11) is 0. The maximum Gasteiger partial charge on any atom is 0.352 e. The number of rotatable bonds is 7. The number of nitrogens with one attached hydrogen (secondary N) is 1. The first-order valence-electron chi connectivity index (χ1n) is 11.5. The number of carbonyl (C=O) groups is 3. The second-order valence-electron chi connectivity index (χ2n) is 8.66. The van der Waals surface area contributed by atoms with Crippen LogP contribution in [0.25, 0.3) is 16.8 Å². The van der Waals surface area contributed by atoms with Gasteiger partial charge in [-0.1, -0.05) is 42.5 Å². The molecule has 0 aromatic heterocycles. The molecule has 0 unspecified atom stereocenters. The molecule has 0 bridgehead atoms. The van der Waals surface area contributed by atoms with E-state index in [9.17, 15) is 39.7 Å². The predicted molar refractivity (Wildman–Crippen MR) is 142 cm³/mol. The number of hydrogen-bond acceptors (Lipinski definition) is 8. The number of carboxylic acid groups (broad SMARTS) is 1. The third-order valence-corrected chi connectivity index (χ3v) is 7.71. The van der Waals surface area contributed by atoms with Crippen LogP contribution in [0.3, 0.4) is 0 Å². The first-order chi connectivity index (χ1) is 18.7. The van der Waals surface area contributed by atoms with E-state index in [2.05, 4.69) is 5.32 Å². The zero-order chi connectivity index (χ0) is 27.8. The van der Waals surface area contributed by atoms with Gasteiger partial charge in [-0.2, -0.15) is 0 Å². The number of non-ortho nitro benzene ring substituents is 1. The van der Waals surface area contributed by atoms with Gasteiger partial charge < -0.3 is 10.4 Å². The SMILES string of the molecule is O=C(O)C1=C(C=Cc2ccc([N+](=O)[O-])cc2[N+](=O)[O-])CS[C@@H]2[C@H](NC(=O)c3cccc4ccccc34)C(=O)N12. The third-order valence-electron chi connectivity index (χ3n) is 6.41. The Hall–Kier alpha value is -5.04. The van der Waals surface area contributed by atoms with Crippen LogP contribution in [-0.2, 0) is 9.59 Å². The summed E-state index contributed by atoms with van der Waals surface area (Å²) in [5, 5.41) is 35.9. The number of hydrogen-bond donors (Lipinski definition) is 2. The van der Waals surface area contributed by atoms with E-state index < -0.39 is 50.4 Å². The summed E-state index contributed by atoms with van der Waals surface area (Å²) < 4.78 is 0. The molecule has 13 heteroatoms. The average molecular weight is 547 g/mol. The molecule has 2 amide bonds. The lowest BCUT2D eigenvalue weighted by molar-refractivity contribution is -0.394. The molecule has 0 radical (unpaired) electrons. The molecule has 2 aliphatic heterocycles. The van der Waals surface area contributed by atoms with Gasteiger partial charge in [0.15, 0.2) is 0 Å². The Labute approximate surface area is 223 Å². The highest BCUT2D eigenvalue weighted by Gasteiger charge is 2.54. The number of aliphatic carboxylic acids is 1. The summed E-state index contributed by atoms with van der Waals surface area (Å²) in [6.45, 7) is 0. The van der Waals surface area contributed by atoms with Crippen LogP contribution < -0.4 is 5.32 Å². The molecule has 3 aromatic rings. The highest BCUT2D eigenvalue weighted by molar-refractivity contribution is 8.00. The number of carboxylic acids is 1. The van der Waals surface area contributed by atoms with Gasteiger partial charge in [0.05, 0.1) is 21.5 Å². The lowest BCUT2D eigenvalue weighted by atomic mass is 10.00. The number of fused-ring (bicyclic) bond motifs is 2. The monoisotopic (exact) mass is 546 g/mol. The summed E-state index contributed by atoms with van der Waals surface area (Å²) >= 11 is 1.24. The Balaban J connectivity index is 1.39. The number of β-lactam (4-membered cyclic amide) rings is 1. The van der Waals surface area contributed by atoms with E-state index in [0.29, 0.717) is 5.56 Å². The Bertz CT molecular complexity index is 1640. The molecule has 2 atom stereocenters. The van der Waals surface area contributed by atoms with Gasteiger partial charge in [-0.25, -0.2) is 4.79 Å². The molecule has 39 heavy (non-hydrogen) atoms. The molecule has 5 rings (SSSR count). The Morgan fingerprint density at radius 3 is 2.49 bits per heavy atom.